The molecule has 1 aromatic rings. The van der Waals surface area contributed by atoms with Gasteiger partial charge in [0, 0.05) is 6.42 Å². The van der Waals surface area contributed by atoms with E-state index in [1.807, 2.05) is 0 Å². The first-order valence-electron chi connectivity index (χ1n) is 5.00. The van der Waals surface area contributed by atoms with E-state index < -0.39 is 12.0 Å². The molecule has 0 radical (unpaired) electrons. The minimum Gasteiger partial charge on any atom is -0.393 e. The standard InChI is InChI=1S/C12H16F2O/c1-9(15)7-10-3-5-11(6-4-10)8-12(2,13)14/h3-6,9,15H,7-8H2,1-2H3. The van der Waals surface area contributed by atoms with Crippen molar-refractivity contribution in [2.45, 2.75) is 38.7 Å². The molecule has 0 aromatic heterocycles. The van der Waals surface area contributed by atoms with Crippen molar-refractivity contribution in [3.8, 4) is 0 Å². The molecule has 0 bridgehead atoms. The first kappa shape index (κ1) is 12.1. The van der Waals surface area contributed by atoms with E-state index in [0.29, 0.717) is 12.0 Å². The maximum Gasteiger partial charge on any atom is 0.249 e. The molecule has 0 spiro atoms. The van der Waals surface area contributed by atoms with Gasteiger partial charge in [0.15, 0.2) is 0 Å². The lowest BCUT2D eigenvalue weighted by molar-refractivity contribution is 0.0226. The van der Waals surface area contributed by atoms with Crippen molar-refractivity contribution in [1.82, 2.24) is 0 Å². The van der Waals surface area contributed by atoms with Crippen LogP contribution in [0.2, 0.25) is 0 Å². The van der Waals surface area contributed by atoms with E-state index in [-0.39, 0.29) is 6.42 Å². The molecule has 1 N–H and O–H groups in total. The van der Waals surface area contributed by atoms with Crippen LogP contribution in [-0.2, 0) is 12.8 Å². The van der Waals surface area contributed by atoms with E-state index in [2.05, 4.69) is 0 Å². The second-order valence-corrected chi connectivity index (χ2v) is 4.12. The van der Waals surface area contributed by atoms with Gasteiger partial charge in [-0.1, -0.05) is 24.3 Å². The highest BCUT2D eigenvalue weighted by molar-refractivity contribution is 5.23. The molecule has 3 heteroatoms. The molecule has 0 saturated carbocycles. The molecule has 15 heavy (non-hydrogen) atoms. The first-order valence-corrected chi connectivity index (χ1v) is 5.00. The van der Waals surface area contributed by atoms with Crippen LogP contribution in [0.4, 0.5) is 8.78 Å². The van der Waals surface area contributed by atoms with Crippen LogP contribution in [0.5, 0.6) is 0 Å². The van der Waals surface area contributed by atoms with Crippen molar-refractivity contribution in [3.05, 3.63) is 35.4 Å². The fraction of sp³-hybridized carbons (Fsp3) is 0.500. The molecule has 0 fully saturated rings. The van der Waals surface area contributed by atoms with Gasteiger partial charge >= 0.3 is 0 Å². The molecule has 0 saturated heterocycles. The Morgan fingerprint density at radius 1 is 1.20 bits per heavy atom. The third-order valence-electron chi connectivity index (χ3n) is 2.07. The summed E-state index contributed by atoms with van der Waals surface area (Å²) in [6.07, 6.45) is -0.0754. The number of hydrogen-bond donors (Lipinski definition) is 1. The molecule has 84 valence electrons. The SMILES string of the molecule is CC(O)Cc1ccc(CC(C)(F)F)cc1. The number of alkyl halides is 2. The lowest BCUT2D eigenvalue weighted by Gasteiger charge is -2.10. The summed E-state index contributed by atoms with van der Waals surface area (Å²) in [4.78, 5) is 0. The van der Waals surface area contributed by atoms with E-state index in [4.69, 9.17) is 5.11 Å². The van der Waals surface area contributed by atoms with Crippen LogP contribution in [-0.4, -0.2) is 17.1 Å². The van der Waals surface area contributed by atoms with Crippen LogP contribution >= 0.6 is 0 Å². The molecule has 0 aliphatic carbocycles. The quantitative estimate of drug-likeness (QED) is 0.817. The highest BCUT2D eigenvalue weighted by Crippen LogP contribution is 2.19. The van der Waals surface area contributed by atoms with Crippen molar-refractivity contribution in [3.63, 3.8) is 0 Å². The molecule has 0 amide bonds. The van der Waals surface area contributed by atoms with Crippen molar-refractivity contribution in [1.29, 1.82) is 0 Å². The third-order valence-corrected chi connectivity index (χ3v) is 2.07. The molecule has 1 nitrogen and oxygen atoms in total. The highest BCUT2D eigenvalue weighted by Gasteiger charge is 2.21. The van der Waals surface area contributed by atoms with Crippen LogP contribution in [0, 0.1) is 0 Å². The number of benzene rings is 1. The highest BCUT2D eigenvalue weighted by atomic mass is 19.3. The predicted molar refractivity (Wildman–Crippen MR) is 56.2 cm³/mol. The van der Waals surface area contributed by atoms with Gasteiger partial charge in [-0.2, -0.15) is 0 Å². The molecule has 1 unspecified atom stereocenters. The average molecular weight is 214 g/mol. The molecule has 0 aliphatic rings. The van der Waals surface area contributed by atoms with Crippen molar-refractivity contribution in [2.75, 3.05) is 0 Å². The summed E-state index contributed by atoms with van der Waals surface area (Å²) in [5, 5.41) is 9.14. The Bertz CT molecular complexity index is 298. The number of aliphatic hydroxyl groups excluding tert-OH is 1. The number of aliphatic hydroxyl groups is 1. The molecule has 1 rings (SSSR count). The van der Waals surface area contributed by atoms with E-state index in [0.717, 1.165) is 12.5 Å². The van der Waals surface area contributed by atoms with Gasteiger partial charge in [0.1, 0.15) is 0 Å². The molecule has 1 aromatic carbocycles. The van der Waals surface area contributed by atoms with Crippen molar-refractivity contribution < 1.29 is 13.9 Å². The zero-order valence-corrected chi connectivity index (χ0v) is 9.00. The maximum absolute atomic E-state index is 12.7. The molecule has 0 aliphatic heterocycles. The molecule has 0 heterocycles. The second kappa shape index (κ2) is 4.71. The van der Waals surface area contributed by atoms with E-state index >= 15 is 0 Å². The number of rotatable bonds is 4. The number of hydrogen-bond acceptors (Lipinski definition) is 1. The summed E-state index contributed by atoms with van der Waals surface area (Å²) in [6.45, 7) is 2.62. The summed E-state index contributed by atoms with van der Waals surface area (Å²) >= 11 is 0. The minimum atomic E-state index is -2.66. The van der Waals surface area contributed by atoms with E-state index in [9.17, 15) is 8.78 Å². The maximum atomic E-state index is 12.7. The Labute approximate surface area is 88.7 Å². The van der Waals surface area contributed by atoms with E-state index in [1.165, 1.54) is 0 Å². The molecular weight excluding hydrogens is 198 g/mol. The van der Waals surface area contributed by atoms with Gasteiger partial charge in [0.05, 0.1) is 6.10 Å². The smallest absolute Gasteiger partial charge is 0.249 e. The summed E-state index contributed by atoms with van der Waals surface area (Å²) in [5.41, 5.74) is 1.59. The van der Waals surface area contributed by atoms with Gasteiger partial charge in [0.2, 0.25) is 5.92 Å². The normalized spacial score (nSPS) is 13.9. The lowest BCUT2D eigenvalue weighted by Crippen LogP contribution is -2.13. The van der Waals surface area contributed by atoms with Crippen LogP contribution in [0.3, 0.4) is 0 Å². The topological polar surface area (TPSA) is 20.2 Å². The van der Waals surface area contributed by atoms with Gasteiger partial charge in [0.25, 0.3) is 0 Å². The van der Waals surface area contributed by atoms with Crippen LogP contribution in [0.15, 0.2) is 24.3 Å². The lowest BCUT2D eigenvalue weighted by atomic mass is 10.0. The van der Waals surface area contributed by atoms with Gasteiger partial charge in [-0.3, -0.25) is 0 Å². The van der Waals surface area contributed by atoms with Gasteiger partial charge in [-0.15, -0.1) is 0 Å². The number of halogens is 2. The fourth-order valence-electron chi connectivity index (χ4n) is 1.49. The zero-order chi connectivity index (χ0) is 11.5. The van der Waals surface area contributed by atoms with Crippen LogP contribution < -0.4 is 0 Å². The van der Waals surface area contributed by atoms with Crippen molar-refractivity contribution >= 4 is 0 Å². The monoisotopic (exact) mass is 214 g/mol. The summed E-state index contributed by atoms with van der Waals surface area (Å²) < 4.78 is 25.4. The Kier molecular flexibility index (Phi) is 3.80. The molecule has 1 atom stereocenters. The van der Waals surface area contributed by atoms with Crippen molar-refractivity contribution in [2.24, 2.45) is 0 Å². The van der Waals surface area contributed by atoms with E-state index in [1.54, 1.807) is 31.2 Å². The summed E-state index contributed by atoms with van der Waals surface area (Å²) in [7, 11) is 0. The van der Waals surface area contributed by atoms with Crippen LogP contribution in [0.25, 0.3) is 0 Å². The molecular formula is C12H16F2O. The summed E-state index contributed by atoms with van der Waals surface area (Å²) in [5.74, 6) is -2.66. The van der Waals surface area contributed by atoms with Crippen LogP contribution in [0.1, 0.15) is 25.0 Å². The Morgan fingerprint density at radius 3 is 2.07 bits per heavy atom. The second-order valence-electron chi connectivity index (χ2n) is 4.12. The first-order chi connectivity index (χ1) is 6.87. The van der Waals surface area contributed by atoms with Gasteiger partial charge in [-0.25, -0.2) is 8.78 Å². The van der Waals surface area contributed by atoms with Gasteiger partial charge < -0.3 is 5.11 Å². The minimum absolute atomic E-state index is 0.234. The predicted octanol–water partition coefficient (Wildman–Crippen LogP) is 2.81. The Hall–Kier alpha value is -0.960. The average Bonchev–Trinajstić information content (AvgIpc) is 2.05. The Morgan fingerprint density at radius 2 is 1.67 bits per heavy atom. The fourth-order valence-corrected chi connectivity index (χ4v) is 1.49. The van der Waals surface area contributed by atoms with Gasteiger partial charge in [-0.05, 0) is 31.4 Å². The zero-order valence-electron chi connectivity index (χ0n) is 9.00. The Balaban J connectivity index is 2.64. The summed E-state index contributed by atoms with van der Waals surface area (Å²) in [6, 6.07) is 6.95. The largest absolute Gasteiger partial charge is 0.393 e. The third kappa shape index (κ3) is 4.88.